The van der Waals surface area contributed by atoms with Gasteiger partial charge in [0.15, 0.2) is 0 Å². The van der Waals surface area contributed by atoms with Gasteiger partial charge in [0.1, 0.15) is 10.9 Å². The predicted molar refractivity (Wildman–Crippen MR) is 94.3 cm³/mol. The zero-order chi connectivity index (χ0) is 17.3. The summed E-state index contributed by atoms with van der Waals surface area (Å²) in [5.74, 6) is -0.226. The molecule has 0 radical (unpaired) electrons. The third-order valence-electron chi connectivity index (χ3n) is 4.29. The van der Waals surface area contributed by atoms with E-state index in [-0.39, 0.29) is 11.8 Å². The molecule has 7 nitrogen and oxygen atoms in total. The van der Waals surface area contributed by atoms with Crippen LogP contribution in [0.15, 0.2) is 6.07 Å². The number of amides is 2. The van der Waals surface area contributed by atoms with Gasteiger partial charge in [-0.05, 0) is 32.9 Å². The number of rotatable bonds is 3. The van der Waals surface area contributed by atoms with Crippen molar-refractivity contribution in [3.8, 4) is 0 Å². The molecule has 1 fully saturated rings. The Labute approximate surface area is 145 Å². The molecule has 2 aromatic rings. The standard InChI is InChI=1S/C16H23N5O2S/c1-10-12-9-13(24-16(12)20(3)19-10)14(22)18-11(2)15(23)21-7-4-5-17-6-8-21/h9,11,17H,4-8H2,1-3H3,(H,18,22). The van der Waals surface area contributed by atoms with E-state index >= 15 is 0 Å². The fourth-order valence-electron chi connectivity index (χ4n) is 2.99. The van der Waals surface area contributed by atoms with Crippen molar-refractivity contribution in [3.63, 3.8) is 0 Å². The molecule has 0 spiro atoms. The van der Waals surface area contributed by atoms with Crippen molar-refractivity contribution < 1.29 is 9.59 Å². The molecule has 1 aliphatic heterocycles. The summed E-state index contributed by atoms with van der Waals surface area (Å²) < 4.78 is 1.78. The minimum absolute atomic E-state index is 0.0222. The molecule has 1 saturated heterocycles. The third kappa shape index (κ3) is 3.29. The molecule has 1 aliphatic rings. The van der Waals surface area contributed by atoms with Crippen molar-refractivity contribution in [2.75, 3.05) is 26.2 Å². The molecule has 2 amide bonds. The summed E-state index contributed by atoms with van der Waals surface area (Å²) in [4.78, 5) is 28.4. The second kappa shape index (κ2) is 6.90. The topological polar surface area (TPSA) is 79.3 Å². The Morgan fingerprint density at radius 1 is 1.38 bits per heavy atom. The van der Waals surface area contributed by atoms with E-state index in [0.717, 1.165) is 42.0 Å². The van der Waals surface area contributed by atoms with Gasteiger partial charge in [0.2, 0.25) is 5.91 Å². The lowest BCUT2D eigenvalue weighted by Crippen LogP contribution is -2.47. The first-order chi connectivity index (χ1) is 11.5. The van der Waals surface area contributed by atoms with E-state index in [2.05, 4.69) is 15.7 Å². The summed E-state index contributed by atoms with van der Waals surface area (Å²) in [5.41, 5.74) is 0.906. The number of aryl methyl sites for hydroxylation is 2. The van der Waals surface area contributed by atoms with E-state index in [0.29, 0.717) is 11.4 Å². The normalized spacial score (nSPS) is 16.9. The molecule has 3 rings (SSSR count). The molecule has 3 heterocycles. The largest absolute Gasteiger partial charge is 0.340 e. The minimum atomic E-state index is -0.528. The van der Waals surface area contributed by atoms with Crippen LogP contribution in [0.25, 0.3) is 10.2 Å². The average Bonchev–Trinajstić information content (AvgIpc) is 2.97. The van der Waals surface area contributed by atoms with Gasteiger partial charge < -0.3 is 15.5 Å². The Morgan fingerprint density at radius 3 is 2.92 bits per heavy atom. The molecule has 1 atom stereocenters. The molecule has 24 heavy (non-hydrogen) atoms. The fourth-order valence-corrected chi connectivity index (χ4v) is 4.01. The molecule has 2 N–H and O–H groups in total. The lowest BCUT2D eigenvalue weighted by Gasteiger charge is -2.24. The fraction of sp³-hybridized carbons (Fsp3) is 0.562. The number of nitrogens with one attached hydrogen (secondary N) is 2. The van der Waals surface area contributed by atoms with Crippen molar-refractivity contribution in [1.29, 1.82) is 0 Å². The van der Waals surface area contributed by atoms with Crippen LogP contribution >= 0.6 is 11.3 Å². The molecule has 2 aromatic heterocycles. The number of carbonyl (C=O) groups is 2. The Balaban J connectivity index is 1.68. The van der Waals surface area contributed by atoms with Crippen LogP contribution in [-0.2, 0) is 11.8 Å². The number of carbonyl (C=O) groups excluding carboxylic acids is 2. The molecular formula is C16H23N5O2S. The van der Waals surface area contributed by atoms with Gasteiger partial charge in [-0.15, -0.1) is 11.3 Å². The van der Waals surface area contributed by atoms with Gasteiger partial charge in [-0.1, -0.05) is 0 Å². The molecule has 1 unspecified atom stereocenters. The number of hydrogen-bond donors (Lipinski definition) is 2. The summed E-state index contributed by atoms with van der Waals surface area (Å²) in [5, 5.41) is 11.4. The maximum atomic E-state index is 12.5. The van der Waals surface area contributed by atoms with Crippen molar-refractivity contribution in [2.45, 2.75) is 26.3 Å². The van der Waals surface area contributed by atoms with Crippen molar-refractivity contribution in [2.24, 2.45) is 7.05 Å². The molecule has 0 saturated carbocycles. The summed E-state index contributed by atoms with van der Waals surface area (Å²) in [6, 6.07) is 1.32. The first-order valence-corrected chi connectivity index (χ1v) is 9.02. The average molecular weight is 349 g/mol. The van der Waals surface area contributed by atoms with Crippen molar-refractivity contribution >= 4 is 33.4 Å². The number of thiophene rings is 1. The molecule has 0 bridgehead atoms. The number of fused-ring (bicyclic) bond motifs is 1. The van der Waals surface area contributed by atoms with E-state index in [1.165, 1.54) is 11.3 Å². The van der Waals surface area contributed by atoms with Gasteiger partial charge in [0, 0.05) is 32.1 Å². The van der Waals surface area contributed by atoms with E-state index in [1.54, 1.807) is 11.6 Å². The highest BCUT2D eigenvalue weighted by Crippen LogP contribution is 2.27. The maximum absolute atomic E-state index is 12.5. The van der Waals surface area contributed by atoms with E-state index < -0.39 is 6.04 Å². The number of aromatic nitrogens is 2. The van der Waals surface area contributed by atoms with Crippen LogP contribution in [0.4, 0.5) is 0 Å². The Bertz CT molecular complexity index is 723. The monoisotopic (exact) mass is 349 g/mol. The second-order valence-corrected chi connectivity index (χ2v) is 7.19. The smallest absolute Gasteiger partial charge is 0.262 e. The number of hydrogen-bond acceptors (Lipinski definition) is 5. The third-order valence-corrected chi connectivity index (χ3v) is 5.49. The van der Waals surface area contributed by atoms with Crippen molar-refractivity contribution in [1.82, 2.24) is 25.3 Å². The molecule has 0 aliphatic carbocycles. The lowest BCUT2D eigenvalue weighted by atomic mass is 10.2. The van der Waals surface area contributed by atoms with Crippen LogP contribution in [0.1, 0.15) is 28.7 Å². The molecule has 130 valence electrons. The van der Waals surface area contributed by atoms with Crippen LogP contribution in [0.3, 0.4) is 0 Å². The van der Waals surface area contributed by atoms with Crippen LogP contribution in [0.2, 0.25) is 0 Å². The van der Waals surface area contributed by atoms with Gasteiger partial charge in [0.25, 0.3) is 5.91 Å². The summed E-state index contributed by atoms with van der Waals surface area (Å²) in [6.45, 7) is 6.83. The number of nitrogens with zero attached hydrogens (tertiary/aromatic N) is 3. The highest BCUT2D eigenvalue weighted by atomic mass is 32.1. The molecule has 0 aromatic carbocycles. The van der Waals surface area contributed by atoms with Crippen molar-refractivity contribution in [3.05, 3.63) is 16.6 Å². The first kappa shape index (κ1) is 16.9. The summed E-state index contributed by atoms with van der Waals surface area (Å²) >= 11 is 1.40. The van der Waals surface area contributed by atoms with Gasteiger partial charge in [0.05, 0.1) is 10.6 Å². The van der Waals surface area contributed by atoms with Crippen LogP contribution in [-0.4, -0.2) is 58.7 Å². The zero-order valence-electron chi connectivity index (χ0n) is 14.3. The van der Waals surface area contributed by atoms with Crippen LogP contribution in [0.5, 0.6) is 0 Å². The second-order valence-electron chi connectivity index (χ2n) is 6.16. The summed E-state index contributed by atoms with van der Waals surface area (Å²) in [6.07, 6.45) is 0.939. The van der Waals surface area contributed by atoms with Gasteiger partial charge >= 0.3 is 0 Å². The quantitative estimate of drug-likeness (QED) is 0.862. The zero-order valence-corrected chi connectivity index (χ0v) is 15.1. The van der Waals surface area contributed by atoms with E-state index in [1.807, 2.05) is 24.9 Å². The molecular weight excluding hydrogens is 326 g/mol. The van der Waals surface area contributed by atoms with Gasteiger partial charge in [-0.25, -0.2) is 0 Å². The highest BCUT2D eigenvalue weighted by Gasteiger charge is 2.24. The summed E-state index contributed by atoms with van der Waals surface area (Å²) in [7, 11) is 1.87. The highest BCUT2D eigenvalue weighted by molar-refractivity contribution is 7.20. The first-order valence-electron chi connectivity index (χ1n) is 8.21. The Kier molecular flexibility index (Phi) is 4.86. The predicted octanol–water partition coefficient (Wildman–Crippen LogP) is 0.883. The lowest BCUT2D eigenvalue weighted by molar-refractivity contribution is -0.132. The van der Waals surface area contributed by atoms with Crippen LogP contribution in [0, 0.1) is 6.92 Å². The van der Waals surface area contributed by atoms with Gasteiger partial charge in [-0.3, -0.25) is 14.3 Å². The van der Waals surface area contributed by atoms with Crippen LogP contribution < -0.4 is 10.6 Å². The molecule has 8 heteroatoms. The SMILES string of the molecule is Cc1nn(C)c2sc(C(=O)NC(C)C(=O)N3CCCNCC3)cc12. The minimum Gasteiger partial charge on any atom is -0.340 e. The maximum Gasteiger partial charge on any atom is 0.262 e. The van der Waals surface area contributed by atoms with E-state index in [4.69, 9.17) is 0 Å². The Morgan fingerprint density at radius 2 is 2.17 bits per heavy atom. The van der Waals surface area contributed by atoms with E-state index in [9.17, 15) is 9.59 Å². The van der Waals surface area contributed by atoms with Gasteiger partial charge in [-0.2, -0.15) is 5.10 Å². The Hall–Kier alpha value is -1.93.